The Morgan fingerprint density at radius 2 is 1.71 bits per heavy atom. The second-order valence-electron chi connectivity index (χ2n) is 4.93. The van der Waals surface area contributed by atoms with Crippen LogP contribution in [0.25, 0.3) is 6.08 Å². The Morgan fingerprint density at radius 3 is 2.29 bits per heavy atom. The zero-order valence-corrected chi connectivity index (χ0v) is 15.3. The third-order valence-electron chi connectivity index (χ3n) is 3.12. The summed E-state index contributed by atoms with van der Waals surface area (Å²) >= 11 is 9.19. The van der Waals surface area contributed by atoms with E-state index in [1.165, 1.54) is 0 Å². The third-order valence-corrected chi connectivity index (χ3v) is 3.90. The molecule has 2 amide bonds. The molecule has 0 unspecified atom stereocenters. The zero-order valence-electron chi connectivity index (χ0n) is 13.0. The average molecular weight is 408 g/mol. The molecule has 2 aromatic carbocycles. The molecule has 0 fully saturated rings. The summed E-state index contributed by atoms with van der Waals surface area (Å²) < 4.78 is 0.875. The fourth-order valence-electron chi connectivity index (χ4n) is 1.94. The van der Waals surface area contributed by atoms with Crippen molar-refractivity contribution in [3.8, 4) is 0 Å². The molecule has 2 N–H and O–H groups in total. The van der Waals surface area contributed by atoms with Crippen molar-refractivity contribution in [2.45, 2.75) is 6.92 Å². The summed E-state index contributed by atoms with van der Waals surface area (Å²) in [5, 5.41) is 5.95. The van der Waals surface area contributed by atoms with Gasteiger partial charge in [-0.25, -0.2) is 0 Å². The topological polar surface area (TPSA) is 58.2 Å². The smallest absolute Gasteiger partial charge is 0.267 e. The highest BCUT2D eigenvalue weighted by Gasteiger charge is 2.14. The summed E-state index contributed by atoms with van der Waals surface area (Å²) in [6.45, 7) is 2.28. The monoisotopic (exact) mass is 406 g/mol. The summed E-state index contributed by atoms with van der Waals surface area (Å²) in [4.78, 5) is 24.6. The van der Waals surface area contributed by atoms with Gasteiger partial charge in [0.2, 0.25) is 0 Å². The van der Waals surface area contributed by atoms with Crippen LogP contribution >= 0.6 is 27.5 Å². The predicted octanol–water partition coefficient (Wildman–Crippen LogP) is 4.01. The molecule has 0 aliphatic rings. The number of benzene rings is 2. The van der Waals surface area contributed by atoms with Gasteiger partial charge in [0.05, 0.1) is 0 Å². The lowest BCUT2D eigenvalue weighted by Gasteiger charge is -2.10. The predicted molar refractivity (Wildman–Crippen MR) is 99.7 cm³/mol. The van der Waals surface area contributed by atoms with E-state index in [4.69, 9.17) is 11.6 Å². The Morgan fingerprint density at radius 1 is 1.08 bits per heavy atom. The highest BCUT2D eigenvalue weighted by Crippen LogP contribution is 2.13. The van der Waals surface area contributed by atoms with Gasteiger partial charge in [-0.2, -0.15) is 0 Å². The Bertz CT molecular complexity index is 756. The molecule has 0 bridgehead atoms. The maximum atomic E-state index is 12.4. The largest absolute Gasteiger partial charge is 0.351 e. The number of carbonyl (C=O) groups is 2. The van der Waals surface area contributed by atoms with Crippen molar-refractivity contribution < 1.29 is 9.59 Å². The fraction of sp³-hybridized carbons (Fsp3) is 0.111. The minimum absolute atomic E-state index is 0.173. The Hall–Kier alpha value is -2.11. The van der Waals surface area contributed by atoms with Gasteiger partial charge in [0.25, 0.3) is 11.8 Å². The molecule has 0 heterocycles. The lowest BCUT2D eigenvalue weighted by atomic mass is 10.1. The highest BCUT2D eigenvalue weighted by molar-refractivity contribution is 9.10. The van der Waals surface area contributed by atoms with Crippen molar-refractivity contribution in [2.75, 3.05) is 6.54 Å². The van der Waals surface area contributed by atoms with Crippen LogP contribution in [0.3, 0.4) is 0 Å². The molecular weight excluding hydrogens is 392 g/mol. The van der Waals surface area contributed by atoms with Gasteiger partial charge < -0.3 is 10.6 Å². The van der Waals surface area contributed by atoms with E-state index in [2.05, 4.69) is 26.6 Å². The van der Waals surface area contributed by atoms with E-state index in [0.717, 1.165) is 10.0 Å². The molecular formula is C18H16BrClN2O2. The number of hydrogen-bond donors (Lipinski definition) is 2. The standard InChI is InChI=1S/C18H16BrClN2O2/c1-2-21-18(24)16(11-12-3-9-15(20)10-4-12)22-17(23)13-5-7-14(19)8-6-13/h3-11H,2H2,1H3,(H,21,24)(H,22,23)/b16-11+. The van der Waals surface area contributed by atoms with E-state index in [1.54, 1.807) is 54.6 Å². The van der Waals surface area contributed by atoms with E-state index in [1.807, 2.05) is 6.92 Å². The van der Waals surface area contributed by atoms with Crippen LogP contribution < -0.4 is 10.6 Å². The van der Waals surface area contributed by atoms with E-state index < -0.39 is 0 Å². The first-order chi connectivity index (χ1) is 11.5. The molecule has 0 atom stereocenters. The van der Waals surface area contributed by atoms with Gasteiger partial charge in [-0.1, -0.05) is 39.7 Å². The van der Waals surface area contributed by atoms with E-state index in [9.17, 15) is 9.59 Å². The normalized spacial score (nSPS) is 11.0. The number of hydrogen-bond acceptors (Lipinski definition) is 2. The van der Waals surface area contributed by atoms with Gasteiger partial charge in [-0.05, 0) is 55.0 Å². The SMILES string of the molecule is CCNC(=O)/C(=C\c1ccc(Cl)cc1)NC(=O)c1ccc(Br)cc1. The Labute approximate surface area is 154 Å². The summed E-state index contributed by atoms with van der Waals surface area (Å²) in [5.74, 6) is -0.702. The number of halogens is 2. The molecule has 0 radical (unpaired) electrons. The minimum atomic E-state index is -0.353. The maximum Gasteiger partial charge on any atom is 0.267 e. The van der Waals surface area contributed by atoms with Crippen molar-refractivity contribution in [1.82, 2.24) is 10.6 Å². The minimum Gasteiger partial charge on any atom is -0.351 e. The first kappa shape index (κ1) is 18.2. The molecule has 0 spiro atoms. The third kappa shape index (κ3) is 5.22. The van der Waals surface area contributed by atoms with Crippen LogP contribution in [0.4, 0.5) is 0 Å². The van der Waals surface area contributed by atoms with Crippen molar-refractivity contribution in [3.63, 3.8) is 0 Å². The van der Waals surface area contributed by atoms with E-state index in [-0.39, 0.29) is 17.5 Å². The van der Waals surface area contributed by atoms with Crippen molar-refractivity contribution >= 4 is 45.4 Å². The number of likely N-dealkylation sites (N-methyl/N-ethyl adjacent to an activating group) is 1. The van der Waals surface area contributed by atoms with Gasteiger partial charge in [0.1, 0.15) is 5.70 Å². The summed E-state index contributed by atoms with van der Waals surface area (Å²) in [6, 6.07) is 13.9. The van der Waals surface area contributed by atoms with Crippen LogP contribution in [0.2, 0.25) is 5.02 Å². The van der Waals surface area contributed by atoms with Crippen LogP contribution in [-0.4, -0.2) is 18.4 Å². The first-order valence-electron chi connectivity index (χ1n) is 7.32. The van der Waals surface area contributed by atoms with Gasteiger partial charge in [-0.15, -0.1) is 0 Å². The van der Waals surface area contributed by atoms with Crippen molar-refractivity contribution in [2.24, 2.45) is 0 Å². The molecule has 0 aliphatic heterocycles. The molecule has 2 aromatic rings. The van der Waals surface area contributed by atoms with Gasteiger partial charge in [-0.3, -0.25) is 9.59 Å². The summed E-state index contributed by atoms with van der Waals surface area (Å²) in [6.07, 6.45) is 1.61. The number of amides is 2. The van der Waals surface area contributed by atoms with Crippen LogP contribution in [-0.2, 0) is 4.79 Å². The van der Waals surface area contributed by atoms with Crippen molar-refractivity contribution in [1.29, 1.82) is 0 Å². The van der Waals surface area contributed by atoms with Gasteiger partial charge >= 0.3 is 0 Å². The Kier molecular flexibility index (Phi) is 6.58. The number of nitrogens with one attached hydrogen (secondary N) is 2. The van der Waals surface area contributed by atoms with Crippen LogP contribution in [0.1, 0.15) is 22.8 Å². The molecule has 0 aliphatic carbocycles. The second kappa shape index (κ2) is 8.66. The van der Waals surface area contributed by atoms with Crippen LogP contribution in [0.5, 0.6) is 0 Å². The maximum absolute atomic E-state index is 12.4. The molecule has 2 rings (SSSR count). The van der Waals surface area contributed by atoms with Gasteiger partial charge in [0, 0.05) is 21.6 Å². The lowest BCUT2D eigenvalue weighted by molar-refractivity contribution is -0.117. The summed E-state index contributed by atoms with van der Waals surface area (Å²) in [7, 11) is 0. The van der Waals surface area contributed by atoms with E-state index in [0.29, 0.717) is 17.1 Å². The van der Waals surface area contributed by atoms with Crippen molar-refractivity contribution in [3.05, 3.63) is 74.9 Å². The highest BCUT2D eigenvalue weighted by atomic mass is 79.9. The van der Waals surface area contributed by atoms with Crippen LogP contribution in [0.15, 0.2) is 58.7 Å². The molecule has 0 saturated carbocycles. The van der Waals surface area contributed by atoms with Gasteiger partial charge in [0.15, 0.2) is 0 Å². The lowest BCUT2D eigenvalue weighted by Crippen LogP contribution is -2.34. The molecule has 0 saturated heterocycles. The fourth-order valence-corrected chi connectivity index (χ4v) is 2.33. The number of carbonyl (C=O) groups excluding carboxylic acids is 2. The molecule has 4 nitrogen and oxygen atoms in total. The average Bonchev–Trinajstić information content (AvgIpc) is 2.57. The molecule has 6 heteroatoms. The van der Waals surface area contributed by atoms with E-state index >= 15 is 0 Å². The second-order valence-corrected chi connectivity index (χ2v) is 6.28. The Balaban J connectivity index is 2.25. The molecule has 24 heavy (non-hydrogen) atoms. The molecule has 0 aromatic heterocycles. The quantitative estimate of drug-likeness (QED) is 0.736. The number of rotatable bonds is 5. The van der Waals surface area contributed by atoms with Crippen LogP contribution in [0, 0.1) is 0 Å². The summed E-state index contributed by atoms with van der Waals surface area (Å²) in [5.41, 5.74) is 1.40. The zero-order chi connectivity index (χ0) is 17.5. The first-order valence-corrected chi connectivity index (χ1v) is 8.49. The molecule has 124 valence electrons.